The second kappa shape index (κ2) is 8.62. The Labute approximate surface area is 179 Å². The highest BCUT2D eigenvalue weighted by molar-refractivity contribution is 7.89. The molecule has 0 atom stereocenters. The van der Waals surface area contributed by atoms with Crippen molar-refractivity contribution in [2.45, 2.75) is 37.8 Å². The van der Waals surface area contributed by atoms with Gasteiger partial charge in [-0.25, -0.2) is 8.42 Å². The fourth-order valence-corrected chi connectivity index (χ4v) is 5.45. The highest BCUT2D eigenvalue weighted by Gasteiger charge is 2.39. The monoisotopic (exact) mass is 458 g/mol. The number of rotatable bonds is 5. The van der Waals surface area contributed by atoms with Crippen LogP contribution in [0.15, 0.2) is 29.2 Å². The van der Waals surface area contributed by atoms with Gasteiger partial charge in [0.1, 0.15) is 0 Å². The van der Waals surface area contributed by atoms with Crippen LogP contribution in [0.4, 0.5) is 13.2 Å². The first-order valence-corrected chi connectivity index (χ1v) is 11.3. The third-order valence-corrected chi connectivity index (χ3v) is 7.61. The Hall–Kier alpha value is -2.40. The van der Waals surface area contributed by atoms with Gasteiger partial charge in [-0.1, -0.05) is 12.1 Å². The van der Waals surface area contributed by atoms with Gasteiger partial charge in [0.05, 0.1) is 16.2 Å². The van der Waals surface area contributed by atoms with Gasteiger partial charge in [-0.3, -0.25) is 9.48 Å². The first-order chi connectivity index (χ1) is 14.4. The molecule has 3 rings (SSSR count). The van der Waals surface area contributed by atoms with Crippen molar-refractivity contribution in [3.05, 3.63) is 46.8 Å². The van der Waals surface area contributed by atoms with Crippen LogP contribution >= 0.6 is 0 Å². The van der Waals surface area contributed by atoms with Crippen LogP contribution in [-0.2, 0) is 34.5 Å². The topological polar surface area (TPSA) is 75.5 Å². The van der Waals surface area contributed by atoms with Crippen LogP contribution in [0.2, 0.25) is 0 Å². The number of amides is 1. The van der Waals surface area contributed by atoms with E-state index in [1.165, 1.54) is 6.07 Å². The van der Waals surface area contributed by atoms with Crippen molar-refractivity contribution in [3.63, 3.8) is 0 Å². The first-order valence-electron chi connectivity index (χ1n) is 9.86. The van der Waals surface area contributed by atoms with Gasteiger partial charge in [0.25, 0.3) is 0 Å². The zero-order valence-electron chi connectivity index (χ0n) is 17.6. The molecule has 0 spiro atoms. The zero-order chi connectivity index (χ0) is 23.0. The van der Waals surface area contributed by atoms with Gasteiger partial charge in [0.15, 0.2) is 0 Å². The van der Waals surface area contributed by atoms with Gasteiger partial charge in [0, 0.05) is 45.3 Å². The molecule has 1 aromatic carbocycles. The zero-order valence-corrected chi connectivity index (χ0v) is 18.4. The van der Waals surface area contributed by atoms with E-state index in [1.807, 2.05) is 20.9 Å². The number of carbonyl (C=O) groups is 1. The molecule has 170 valence electrons. The summed E-state index contributed by atoms with van der Waals surface area (Å²) < 4.78 is 68.2. The maximum Gasteiger partial charge on any atom is 0.417 e. The molecule has 0 aliphatic carbocycles. The molecular weight excluding hydrogens is 433 g/mol. The minimum absolute atomic E-state index is 0.0504. The molecule has 0 bridgehead atoms. The van der Waals surface area contributed by atoms with E-state index < -0.39 is 26.7 Å². The van der Waals surface area contributed by atoms with E-state index in [-0.39, 0.29) is 38.5 Å². The molecule has 1 aromatic heterocycles. The molecule has 2 aromatic rings. The quantitative estimate of drug-likeness (QED) is 0.690. The van der Waals surface area contributed by atoms with Crippen molar-refractivity contribution in [2.75, 3.05) is 26.2 Å². The van der Waals surface area contributed by atoms with Crippen LogP contribution in [0, 0.1) is 13.8 Å². The highest BCUT2D eigenvalue weighted by atomic mass is 32.2. The van der Waals surface area contributed by atoms with Crippen molar-refractivity contribution in [1.82, 2.24) is 19.0 Å². The molecule has 0 saturated carbocycles. The van der Waals surface area contributed by atoms with Crippen molar-refractivity contribution in [2.24, 2.45) is 7.05 Å². The number of piperazine rings is 1. The number of carbonyl (C=O) groups excluding carboxylic acids is 1. The van der Waals surface area contributed by atoms with Gasteiger partial charge in [0.2, 0.25) is 15.9 Å². The Kier molecular flexibility index (Phi) is 6.47. The number of hydrogen-bond acceptors (Lipinski definition) is 4. The SMILES string of the molecule is Cc1nn(C)c(C)c1CCC(=O)N1CCN(S(=O)(=O)c2ccccc2C(F)(F)F)CC1. The number of benzene rings is 1. The van der Waals surface area contributed by atoms with Crippen LogP contribution < -0.4 is 0 Å². The largest absolute Gasteiger partial charge is 0.417 e. The average molecular weight is 459 g/mol. The standard InChI is InChI=1S/C20H25F3N4O3S/c1-14-16(15(2)25(3)24-14)8-9-19(28)26-10-12-27(13-11-26)31(29,30)18-7-5-4-6-17(18)20(21,22)23/h4-7H,8-13H2,1-3H3. The summed E-state index contributed by atoms with van der Waals surface area (Å²) in [5.74, 6) is -0.115. The molecule has 31 heavy (non-hydrogen) atoms. The molecule has 1 saturated heterocycles. The van der Waals surface area contributed by atoms with E-state index in [9.17, 15) is 26.4 Å². The molecule has 1 amide bonds. The number of aryl methyl sites for hydroxylation is 2. The van der Waals surface area contributed by atoms with Gasteiger partial charge in [-0.15, -0.1) is 0 Å². The lowest BCUT2D eigenvalue weighted by Crippen LogP contribution is -2.50. The Bertz CT molecular complexity index is 1070. The van der Waals surface area contributed by atoms with Gasteiger partial charge in [-0.05, 0) is 38.0 Å². The van der Waals surface area contributed by atoms with Gasteiger partial charge in [-0.2, -0.15) is 22.6 Å². The molecule has 11 heteroatoms. The second-order valence-electron chi connectivity index (χ2n) is 7.55. The molecule has 1 aliphatic heterocycles. The molecule has 1 fully saturated rings. The highest BCUT2D eigenvalue weighted by Crippen LogP contribution is 2.35. The maximum atomic E-state index is 13.3. The van der Waals surface area contributed by atoms with E-state index in [2.05, 4.69) is 5.10 Å². The fourth-order valence-electron chi connectivity index (χ4n) is 3.81. The summed E-state index contributed by atoms with van der Waals surface area (Å²) in [7, 11) is -2.49. The van der Waals surface area contributed by atoms with Gasteiger partial charge < -0.3 is 4.90 Å². The third kappa shape index (κ3) is 4.77. The minimum atomic E-state index is -4.77. The maximum absolute atomic E-state index is 13.3. The number of aromatic nitrogens is 2. The summed E-state index contributed by atoms with van der Waals surface area (Å²) in [6.45, 7) is 3.99. The van der Waals surface area contributed by atoms with Crippen LogP contribution in [0.1, 0.15) is 28.9 Å². The van der Waals surface area contributed by atoms with E-state index in [1.54, 1.807) is 9.58 Å². The number of sulfonamides is 1. The summed E-state index contributed by atoms with van der Waals surface area (Å²) >= 11 is 0. The molecule has 0 unspecified atom stereocenters. The van der Waals surface area contributed by atoms with Crippen LogP contribution in [0.3, 0.4) is 0 Å². The van der Waals surface area contributed by atoms with E-state index in [0.29, 0.717) is 6.42 Å². The van der Waals surface area contributed by atoms with Crippen molar-refractivity contribution in [3.8, 4) is 0 Å². The number of hydrogen-bond donors (Lipinski definition) is 0. The average Bonchev–Trinajstić information content (AvgIpc) is 2.97. The third-order valence-electron chi connectivity index (χ3n) is 5.65. The summed E-state index contributed by atoms with van der Waals surface area (Å²) in [5.41, 5.74) is 1.69. The molecule has 0 N–H and O–H groups in total. The summed E-state index contributed by atoms with van der Waals surface area (Å²) in [5, 5.41) is 4.33. The summed E-state index contributed by atoms with van der Waals surface area (Å²) in [6, 6.07) is 4.15. The minimum Gasteiger partial charge on any atom is -0.340 e. The van der Waals surface area contributed by atoms with E-state index in [4.69, 9.17) is 0 Å². The van der Waals surface area contributed by atoms with E-state index >= 15 is 0 Å². The predicted molar refractivity (Wildman–Crippen MR) is 108 cm³/mol. The van der Waals surface area contributed by atoms with E-state index in [0.717, 1.165) is 39.5 Å². The van der Waals surface area contributed by atoms with Crippen LogP contribution in [0.5, 0.6) is 0 Å². The Morgan fingerprint density at radius 3 is 2.26 bits per heavy atom. The molecular formula is C20H25F3N4O3S. The first kappa shape index (κ1) is 23.3. The number of alkyl halides is 3. The van der Waals surface area contributed by atoms with Crippen molar-refractivity contribution < 1.29 is 26.4 Å². The number of halogens is 3. The van der Waals surface area contributed by atoms with Crippen LogP contribution in [0.25, 0.3) is 0 Å². The van der Waals surface area contributed by atoms with Crippen molar-refractivity contribution >= 4 is 15.9 Å². The second-order valence-corrected chi connectivity index (χ2v) is 9.46. The Balaban J connectivity index is 1.65. The molecule has 7 nitrogen and oxygen atoms in total. The van der Waals surface area contributed by atoms with Crippen molar-refractivity contribution in [1.29, 1.82) is 0 Å². The lowest BCUT2D eigenvalue weighted by atomic mass is 10.1. The predicted octanol–water partition coefficient (Wildman–Crippen LogP) is 2.52. The van der Waals surface area contributed by atoms with Crippen LogP contribution in [-0.4, -0.2) is 59.5 Å². The lowest BCUT2D eigenvalue weighted by Gasteiger charge is -2.34. The van der Waals surface area contributed by atoms with Gasteiger partial charge >= 0.3 is 6.18 Å². The lowest BCUT2D eigenvalue weighted by molar-refractivity contribution is -0.139. The Morgan fingerprint density at radius 1 is 1.10 bits per heavy atom. The normalized spacial score (nSPS) is 16.0. The smallest absolute Gasteiger partial charge is 0.340 e. The molecule has 1 aliphatic rings. The summed E-state index contributed by atoms with van der Waals surface area (Å²) in [4.78, 5) is 13.4. The number of nitrogens with zero attached hydrogens (tertiary/aromatic N) is 4. The fraction of sp³-hybridized carbons (Fsp3) is 0.500. The molecule has 2 heterocycles. The molecule has 0 radical (unpaired) electrons. The Morgan fingerprint density at radius 2 is 1.71 bits per heavy atom. The summed E-state index contributed by atoms with van der Waals surface area (Å²) in [6.07, 6.45) is -3.98.